The fourth-order valence-corrected chi connectivity index (χ4v) is 2.92. The second kappa shape index (κ2) is 5.13. The number of allylic oxidation sites excluding steroid dienone is 2. The van der Waals surface area contributed by atoms with E-state index >= 15 is 0 Å². The molecule has 3 heteroatoms. The molecule has 1 aromatic rings. The molecule has 1 heterocycles. The molecule has 2 rings (SSSR count). The number of carbonyl (C=O) groups is 1. The molecule has 1 aliphatic rings. The van der Waals surface area contributed by atoms with Gasteiger partial charge in [-0.1, -0.05) is 0 Å². The van der Waals surface area contributed by atoms with Gasteiger partial charge in [-0.05, 0) is 0 Å². The zero-order valence-corrected chi connectivity index (χ0v) is 11.4. The molecule has 0 saturated carbocycles. The van der Waals surface area contributed by atoms with E-state index in [0.29, 0.717) is 5.75 Å². The Morgan fingerprint density at radius 3 is 2.60 bits per heavy atom. The van der Waals surface area contributed by atoms with Crippen molar-refractivity contribution in [2.24, 2.45) is 0 Å². The van der Waals surface area contributed by atoms with Crippen molar-refractivity contribution in [1.82, 2.24) is 0 Å². The number of benzene rings is 1. The summed E-state index contributed by atoms with van der Waals surface area (Å²) in [6, 6.07) is 9.09. The van der Waals surface area contributed by atoms with Crippen LogP contribution in [0.3, 0.4) is 0 Å². The van der Waals surface area contributed by atoms with E-state index in [9.17, 15) is 4.79 Å². The summed E-state index contributed by atoms with van der Waals surface area (Å²) in [6.07, 6.45) is 5.42. The van der Waals surface area contributed by atoms with Gasteiger partial charge >= 0.3 is 99.6 Å². The first kappa shape index (κ1) is 10.4. The molecule has 15 heavy (non-hydrogen) atoms. The Hall–Kier alpha value is -1.08. The predicted octanol–water partition coefficient (Wildman–Crippen LogP) is 1.55. The first-order valence-corrected chi connectivity index (χ1v) is 8.28. The van der Waals surface area contributed by atoms with Gasteiger partial charge in [-0.15, -0.1) is 0 Å². The fraction of sp³-hybridized carbons (Fsp3) is 0. The number of rotatable bonds is 3. The second-order valence-corrected chi connectivity index (χ2v) is 7.11. The summed E-state index contributed by atoms with van der Waals surface area (Å²) in [5.74, 6) is 0.275. The van der Waals surface area contributed by atoms with Crippen LogP contribution in [0.5, 0.6) is 5.75 Å². The van der Waals surface area contributed by atoms with Crippen molar-refractivity contribution in [2.75, 3.05) is 0 Å². The third kappa shape index (κ3) is 3.21. The first-order chi connectivity index (χ1) is 7.34. The maximum absolute atomic E-state index is 11.3. The Bertz CT molecular complexity index is 444. The van der Waals surface area contributed by atoms with Crippen LogP contribution in [0.1, 0.15) is 0 Å². The Morgan fingerprint density at radius 1 is 1.27 bits per heavy atom. The molecule has 0 radical (unpaired) electrons. The van der Waals surface area contributed by atoms with Crippen molar-refractivity contribution in [2.45, 2.75) is 0 Å². The molecule has 0 N–H and O–H groups in total. The normalized spacial score (nSPS) is 13.5. The van der Waals surface area contributed by atoms with Crippen molar-refractivity contribution in [1.29, 1.82) is 0 Å². The van der Waals surface area contributed by atoms with E-state index in [1.807, 2.05) is 24.3 Å². The van der Waals surface area contributed by atoms with Gasteiger partial charge in [0.2, 0.25) is 0 Å². The van der Waals surface area contributed by atoms with Gasteiger partial charge < -0.3 is 0 Å². The predicted molar refractivity (Wildman–Crippen MR) is 61.1 cm³/mol. The molecular formula is C12H9BiO2. The standard InChI is InChI=1S/C12H9O2.Bi/c1-2-3-5-10-12(13)14-11-8-6-4-7-9-11;/h1-2,4-10H;. The quantitative estimate of drug-likeness (QED) is 0.337. The average Bonchev–Trinajstić information content (AvgIpc) is 2.17. The zero-order chi connectivity index (χ0) is 10.5. The summed E-state index contributed by atoms with van der Waals surface area (Å²) < 4.78 is 8.65. The Morgan fingerprint density at radius 2 is 2.00 bits per heavy atom. The van der Waals surface area contributed by atoms with Crippen LogP contribution in [0.15, 0.2) is 52.3 Å². The fourth-order valence-electron chi connectivity index (χ4n) is 1.05. The Kier molecular flexibility index (Phi) is 3.57. The van der Waals surface area contributed by atoms with Crippen LogP contribution in [0.25, 0.3) is 0 Å². The van der Waals surface area contributed by atoms with E-state index in [0.717, 1.165) is 0 Å². The SMILES string of the molecule is O=C(C=C[C]1=[Bi][CH]=C1)Oc1ccccc1. The molecule has 0 unspecified atom stereocenters. The van der Waals surface area contributed by atoms with Gasteiger partial charge in [0.1, 0.15) is 0 Å². The number of para-hydroxylation sites is 1. The Labute approximate surface area is 99.3 Å². The van der Waals surface area contributed by atoms with Gasteiger partial charge in [-0.3, -0.25) is 0 Å². The summed E-state index contributed by atoms with van der Waals surface area (Å²) in [5.41, 5.74) is 0. The van der Waals surface area contributed by atoms with E-state index in [1.165, 1.54) is 9.28 Å². The number of hydrogen-bond donors (Lipinski definition) is 0. The molecule has 0 bridgehead atoms. The number of esters is 1. The average molecular weight is 394 g/mol. The molecule has 0 saturated heterocycles. The molecule has 0 amide bonds. The summed E-state index contributed by atoms with van der Waals surface area (Å²) in [7, 11) is 0. The van der Waals surface area contributed by atoms with Crippen molar-refractivity contribution in [3.05, 3.63) is 52.3 Å². The molecule has 0 aromatic heterocycles. The third-order valence-electron chi connectivity index (χ3n) is 1.82. The second-order valence-electron chi connectivity index (χ2n) is 2.94. The van der Waals surface area contributed by atoms with Gasteiger partial charge in [-0.25, -0.2) is 0 Å². The van der Waals surface area contributed by atoms with E-state index < -0.39 is 22.8 Å². The van der Waals surface area contributed by atoms with E-state index in [-0.39, 0.29) is 5.97 Å². The zero-order valence-electron chi connectivity index (χ0n) is 7.96. The molecule has 2 nitrogen and oxygen atoms in total. The summed E-state index contributed by atoms with van der Waals surface area (Å²) in [5, 5.41) is 0. The Balaban J connectivity index is 1.90. The van der Waals surface area contributed by atoms with Crippen molar-refractivity contribution >= 4 is 31.9 Å². The van der Waals surface area contributed by atoms with E-state index in [1.54, 1.807) is 12.1 Å². The summed E-state index contributed by atoms with van der Waals surface area (Å²) in [6.45, 7) is 0. The first-order valence-electron chi connectivity index (χ1n) is 4.54. The van der Waals surface area contributed by atoms with Crippen molar-refractivity contribution in [3.8, 4) is 5.75 Å². The molecule has 1 aliphatic heterocycles. The maximum atomic E-state index is 11.3. The minimum atomic E-state index is -0.481. The van der Waals surface area contributed by atoms with Gasteiger partial charge in [0.25, 0.3) is 0 Å². The van der Waals surface area contributed by atoms with Crippen molar-refractivity contribution in [3.63, 3.8) is 0 Å². The molecule has 0 spiro atoms. The summed E-state index contributed by atoms with van der Waals surface area (Å²) in [4.78, 5) is 11.3. The number of carbonyl (C=O) groups excluding carboxylic acids is 1. The minimum absolute atomic E-state index is 0.310. The van der Waals surface area contributed by atoms with Crippen LogP contribution >= 0.6 is 0 Å². The molecule has 0 fully saturated rings. The monoisotopic (exact) mass is 394 g/mol. The van der Waals surface area contributed by atoms with Gasteiger partial charge in [-0.2, -0.15) is 0 Å². The number of ether oxygens (including phenoxy) is 1. The van der Waals surface area contributed by atoms with Crippen LogP contribution < -0.4 is 4.74 Å². The number of hydrogen-bond acceptors (Lipinski definition) is 2. The van der Waals surface area contributed by atoms with Crippen LogP contribution in [0.2, 0.25) is 0 Å². The topological polar surface area (TPSA) is 26.3 Å². The van der Waals surface area contributed by atoms with Crippen LogP contribution in [-0.4, -0.2) is 31.9 Å². The molecule has 0 atom stereocenters. The molecule has 0 aliphatic carbocycles. The van der Waals surface area contributed by atoms with Gasteiger partial charge in [0, 0.05) is 0 Å². The molecule has 1 aromatic carbocycles. The van der Waals surface area contributed by atoms with Gasteiger partial charge in [0.15, 0.2) is 0 Å². The van der Waals surface area contributed by atoms with Crippen LogP contribution in [-0.2, 0) is 4.79 Å². The molecule has 74 valence electrons. The van der Waals surface area contributed by atoms with Gasteiger partial charge in [0.05, 0.1) is 0 Å². The third-order valence-corrected chi connectivity index (χ3v) is 5.30. The molecular weight excluding hydrogens is 385 g/mol. The van der Waals surface area contributed by atoms with Crippen LogP contribution in [0.4, 0.5) is 0 Å². The van der Waals surface area contributed by atoms with Crippen LogP contribution in [0, 0.1) is 0 Å². The van der Waals surface area contributed by atoms with E-state index in [4.69, 9.17) is 4.74 Å². The van der Waals surface area contributed by atoms with Crippen molar-refractivity contribution < 1.29 is 9.53 Å². The van der Waals surface area contributed by atoms with E-state index in [2.05, 4.69) is 9.86 Å². The summed E-state index contributed by atoms with van der Waals surface area (Å²) >= 11 is -0.481.